The van der Waals surface area contributed by atoms with E-state index in [2.05, 4.69) is 0 Å². The van der Waals surface area contributed by atoms with Crippen LogP contribution in [0.4, 0.5) is 4.39 Å². The summed E-state index contributed by atoms with van der Waals surface area (Å²) in [7, 11) is -3.64. The summed E-state index contributed by atoms with van der Waals surface area (Å²) in [6, 6.07) is 4.97. The molecule has 1 aliphatic rings. The second kappa shape index (κ2) is 5.79. The van der Waals surface area contributed by atoms with E-state index in [1.807, 2.05) is 6.92 Å². The van der Waals surface area contributed by atoms with Crippen LogP contribution in [0.15, 0.2) is 29.2 Å². The van der Waals surface area contributed by atoms with Crippen molar-refractivity contribution in [2.45, 2.75) is 43.0 Å². The number of halogens is 1. The molecule has 1 fully saturated rings. The quantitative estimate of drug-likeness (QED) is 0.906. The van der Waals surface area contributed by atoms with Gasteiger partial charge in [0.25, 0.3) is 0 Å². The maximum atomic E-state index is 13.0. The zero-order valence-electron chi connectivity index (χ0n) is 11.7. The summed E-state index contributed by atoms with van der Waals surface area (Å²) < 4.78 is 40.0. The van der Waals surface area contributed by atoms with Gasteiger partial charge in [0, 0.05) is 18.6 Å². The SMILES string of the molecule is CCN(C1(CN)CCCC1)S(=O)(=O)c1ccc(F)cc1. The maximum Gasteiger partial charge on any atom is 0.243 e. The lowest BCUT2D eigenvalue weighted by atomic mass is 9.98. The molecule has 0 unspecified atom stereocenters. The number of nitrogens with two attached hydrogens (primary N) is 1. The number of likely N-dealkylation sites (N-methyl/N-ethyl adjacent to an activating group) is 1. The molecule has 2 N–H and O–H groups in total. The Morgan fingerprint density at radius 1 is 1.25 bits per heavy atom. The number of hydrogen-bond acceptors (Lipinski definition) is 3. The number of rotatable bonds is 5. The summed E-state index contributed by atoms with van der Waals surface area (Å²) in [5.41, 5.74) is 5.39. The van der Waals surface area contributed by atoms with E-state index in [-0.39, 0.29) is 4.90 Å². The highest BCUT2D eigenvalue weighted by Gasteiger charge is 2.44. The molecule has 0 radical (unpaired) electrons. The third-order valence-corrected chi connectivity index (χ3v) is 6.23. The molecule has 0 atom stereocenters. The third kappa shape index (κ3) is 2.60. The first-order valence-corrected chi connectivity index (χ1v) is 8.39. The van der Waals surface area contributed by atoms with Gasteiger partial charge in [-0.3, -0.25) is 0 Å². The first-order valence-electron chi connectivity index (χ1n) is 6.95. The van der Waals surface area contributed by atoms with Crippen LogP contribution >= 0.6 is 0 Å². The fourth-order valence-electron chi connectivity index (χ4n) is 3.08. The van der Waals surface area contributed by atoms with Crippen molar-refractivity contribution in [3.63, 3.8) is 0 Å². The van der Waals surface area contributed by atoms with E-state index in [9.17, 15) is 12.8 Å². The molecule has 0 aliphatic heterocycles. The molecule has 20 heavy (non-hydrogen) atoms. The lowest BCUT2D eigenvalue weighted by Crippen LogP contribution is -2.54. The monoisotopic (exact) mass is 300 g/mol. The van der Waals surface area contributed by atoms with Gasteiger partial charge >= 0.3 is 0 Å². The van der Waals surface area contributed by atoms with Crippen molar-refractivity contribution < 1.29 is 12.8 Å². The fourth-order valence-corrected chi connectivity index (χ4v) is 4.92. The van der Waals surface area contributed by atoms with Crippen LogP contribution in [0.5, 0.6) is 0 Å². The molecule has 0 spiro atoms. The number of nitrogens with zero attached hydrogens (tertiary/aromatic N) is 1. The van der Waals surface area contributed by atoms with Crippen LogP contribution in [0.3, 0.4) is 0 Å². The van der Waals surface area contributed by atoms with E-state index in [0.29, 0.717) is 13.1 Å². The molecule has 1 aromatic carbocycles. The average molecular weight is 300 g/mol. The van der Waals surface area contributed by atoms with Crippen LogP contribution in [0, 0.1) is 5.82 Å². The summed E-state index contributed by atoms with van der Waals surface area (Å²) in [5, 5.41) is 0. The van der Waals surface area contributed by atoms with Gasteiger partial charge in [-0.05, 0) is 37.1 Å². The summed E-state index contributed by atoms with van der Waals surface area (Å²) in [6.45, 7) is 2.51. The van der Waals surface area contributed by atoms with Gasteiger partial charge in [-0.2, -0.15) is 4.31 Å². The Morgan fingerprint density at radius 3 is 2.25 bits per heavy atom. The molecule has 1 saturated carbocycles. The van der Waals surface area contributed by atoms with E-state index in [1.165, 1.54) is 28.6 Å². The Kier molecular flexibility index (Phi) is 4.46. The molecule has 6 heteroatoms. The second-order valence-electron chi connectivity index (χ2n) is 5.26. The van der Waals surface area contributed by atoms with Crippen molar-refractivity contribution in [1.29, 1.82) is 0 Å². The van der Waals surface area contributed by atoms with Crippen molar-refractivity contribution in [3.8, 4) is 0 Å². The van der Waals surface area contributed by atoms with Gasteiger partial charge in [0.05, 0.1) is 4.90 Å². The van der Waals surface area contributed by atoms with Crippen molar-refractivity contribution in [1.82, 2.24) is 4.31 Å². The molecule has 2 rings (SSSR count). The normalized spacial score (nSPS) is 18.6. The molecule has 4 nitrogen and oxygen atoms in total. The molecule has 0 heterocycles. The van der Waals surface area contributed by atoms with E-state index >= 15 is 0 Å². The molecule has 1 aromatic rings. The van der Waals surface area contributed by atoms with Crippen LogP contribution in [-0.4, -0.2) is 31.4 Å². The Hall–Kier alpha value is -0.980. The van der Waals surface area contributed by atoms with Gasteiger partial charge in [0.1, 0.15) is 5.82 Å². The predicted octanol–water partition coefficient (Wildman–Crippen LogP) is 2.11. The third-order valence-electron chi connectivity index (χ3n) is 4.13. The van der Waals surface area contributed by atoms with Crippen LogP contribution in [0.2, 0.25) is 0 Å². The molecular weight excluding hydrogens is 279 g/mol. The molecule has 1 aliphatic carbocycles. The molecule has 112 valence electrons. The van der Waals surface area contributed by atoms with Crippen LogP contribution in [0.1, 0.15) is 32.6 Å². The average Bonchev–Trinajstić information content (AvgIpc) is 2.89. The summed E-state index contributed by atoms with van der Waals surface area (Å²) in [5.74, 6) is -0.443. The lowest BCUT2D eigenvalue weighted by molar-refractivity contribution is 0.205. The van der Waals surface area contributed by atoms with Gasteiger partial charge in [-0.15, -0.1) is 0 Å². The van der Waals surface area contributed by atoms with Crippen molar-refractivity contribution >= 4 is 10.0 Å². The smallest absolute Gasteiger partial charge is 0.243 e. The minimum atomic E-state index is -3.64. The fraction of sp³-hybridized carbons (Fsp3) is 0.571. The standard InChI is InChI=1S/C14H21FN2O2S/c1-2-17(14(11-16)9-3-4-10-14)20(18,19)13-7-5-12(15)6-8-13/h5-8H,2-4,9-11,16H2,1H3. The van der Waals surface area contributed by atoms with Crippen LogP contribution in [0.25, 0.3) is 0 Å². The lowest BCUT2D eigenvalue weighted by Gasteiger charge is -2.38. The minimum Gasteiger partial charge on any atom is -0.329 e. The number of sulfonamides is 1. The molecule has 0 amide bonds. The first kappa shape index (κ1) is 15.4. The summed E-state index contributed by atoms with van der Waals surface area (Å²) >= 11 is 0. The topological polar surface area (TPSA) is 63.4 Å². The summed E-state index contributed by atoms with van der Waals surface area (Å²) in [6.07, 6.45) is 3.56. The van der Waals surface area contributed by atoms with Gasteiger partial charge in [-0.25, -0.2) is 12.8 Å². The Labute approximate surface area is 119 Å². The molecule has 0 aromatic heterocycles. The van der Waals surface area contributed by atoms with Crippen molar-refractivity contribution in [2.24, 2.45) is 5.73 Å². The van der Waals surface area contributed by atoms with Gasteiger partial charge in [-0.1, -0.05) is 19.8 Å². The zero-order chi connectivity index (χ0) is 14.8. The Balaban J connectivity index is 2.42. The Morgan fingerprint density at radius 2 is 1.80 bits per heavy atom. The molecule has 0 bridgehead atoms. The number of hydrogen-bond donors (Lipinski definition) is 1. The minimum absolute atomic E-state index is 0.125. The first-order chi connectivity index (χ1) is 9.46. The number of benzene rings is 1. The van der Waals surface area contributed by atoms with Crippen molar-refractivity contribution in [2.75, 3.05) is 13.1 Å². The highest BCUT2D eigenvalue weighted by Crippen LogP contribution is 2.37. The van der Waals surface area contributed by atoms with E-state index < -0.39 is 21.4 Å². The van der Waals surface area contributed by atoms with Gasteiger partial charge < -0.3 is 5.73 Å². The second-order valence-corrected chi connectivity index (χ2v) is 7.12. The van der Waals surface area contributed by atoms with Gasteiger partial charge in [0.2, 0.25) is 10.0 Å². The predicted molar refractivity (Wildman–Crippen MR) is 76.2 cm³/mol. The van der Waals surface area contributed by atoms with Gasteiger partial charge in [0.15, 0.2) is 0 Å². The molecular formula is C14H21FN2O2S. The highest BCUT2D eigenvalue weighted by molar-refractivity contribution is 7.89. The van der Waals surface area contributed by atoms with E-state index in [0.717, 1.165) is 25.7 Å². The van der Waals surface area contributed by atoms with E-state index in [4.69, 9.17) is 5.73 Å². The van der Waals surface area contributed by atoms with E-state index in [1.54, 1.807) is 0 Å². The van der Waals surface area contributed by atoms with Crippen molar-refractivity contribution in [3.05, 3.63) is 30.1 Å². The largest absolute Gasteiger partial charge is 0.329 e. The Bertz CT molecular complexity index is 551. The van der Waals surface area contributed by atoms with Crippen LogP contribution < -0.4 is 5.73 Å². The maximum absolute atomic E-state index is 13.0. The van der Waals surface area contributed by atoms with Crippen LogP contribution in [-0.2, 0) is 10.0 Å². The zero-order valence-corrected chi connectivity index (χ0v) is 12.5. The molecule has 0 saturated heterocycles. The highest BCUT2D eigenvalue weighted by atomic mass is 32.2. The summed E-state index contributed by atoms with van der Waals surface area (Å²) in [4.78, 5) is 0.125.